The van der Waals surface area contributed by atoms with Crippen LogP contribution in [0.5, 0.6) is 0 Å². The molecule has 0 saturated carbocycles. The number of rotatable bonds is 1. The van der Waals surface area contributed by atoms with E-state index in [9.17, 15) is 26.7 Å². The van der Waals surface area contributed by atoms with Crippen molar-refractivity contribution in [2.75, 3.05) is 7.11 Å². The van der Waals surface area contributed by atoms with Gasteiger partial charge >= 0.3 is 12.1 Å². The monoisotopic (exact) mass is 240 g/mol. The van der Waals surface area contributed by atoms with Crippen molar-refractivity contribution in [2.24, 2.45) is 0 Å². The van der Waals surface area contributed by atoms with E-state index < -0.39 is 34.9 Å². The number of hydrogen-bond donors (Lipinski definition) is 0. The van der Waals surface area contributed by atoms with Crippen molar-refractivity contribution in [3.05, 3.63) is 34.9 Å². The summed E-state index contributed by atoms with van der Waals surface area (Å²) < 4.78 is 66.3. The highest BCUT2D eigenvalue weighted by Gasteiger charge is 2.36. The van der Waals surface area contributed by atoms with Gasteiger partial charge in [-0.2, -0.15) is 13.2 Å². The number of benzene rings is 1. The van der Waals surface area contributed by atoms with Crippen LogP contribution >= 0.6 is 0 Å². The number of hydrogen-bond acceptors (Lipinski definition) is 2. The summed E-state index contributed by atoms with van der Waals surface area (Å²) in [6, 6.07) is 0.542. The van der Waals surface area contributed by atoms with E-state index in [2.05, 4.69) is 4.74 Å². The van der Waals surface area contributed by atoms with Gasteiger partial charge in [-0.15, -0.1) is 0 Å². The minimum atomic E-state index is -5.07. The zero-order valence-corrected chi connectivity index (χ0v) is 7.86. The number of esters is 1. The van der Waals surface area contributed by atoms with Gasteiger partial charge in [0.05, 0.1) is 18.2 Å². The summed E-state index contributed by atoms with van der Waals surface area (Å²) in [6.45, 7) is 0. The van der Waals surface area contributed by atoms with Crippen molar-refractivity contribution in [2.45, 2.75) is 6.18 Å². The average Bonchev–Trinajstić information content (AvgIpc) is 2.18. The molecular formula is C9H5F5O2. The molecule has 0 aliphatic rings. The number of halogens is 5. The summed E-state index contributed by atoms with van der Waals surface area (Å²) in [5, 5.41) is 0. The Labute approximate surface area is 86.6 Å². The first-order valence-corrected chi connectivity index (χ1v) is 3.92. The molecule has 2 nitrogen and oxygen atoms in total. The van der Waals surface area contributed by atoms with E-state index in [-0.39, 0.29) is 6.07 Å². The average molecular weight is 240 g/mol. The summed E-state index contributed by atoms with van der Waals surface area (Å²) in [6.07, 6.45) is -5.07. The molecule has 0 fully saturated rings. The lowest BCUT2D eigenvalue weighted by Crippen LogP contribution is -2.13. The van der Waals surface area contributed by atoms with Crippen LogP contribution in [-0.2, 0) is 10.9 Å². The summed E-state index contributed by atoms with van der Waals surface area (Å²) in [5.74, 6) is -4.97. The molecule has 0 atom stereocenters. The van der Waals surface area contributed by atoms with Crippen molar-refractivity contribution in [1.29, 1.82) is 0 Å². The van der Waals surface area contributed by atoms with Crippen LogP contribution < -0.4 is 0 Å². The largest absolute Gasteiger partial charge is 0.465 e. The molecular weight excluding hydrogens is 235 g/mol. The van der Waals surface area contributed by atoms with Crippen molar-refractivity contribution in [1.82, 2.24) is 0 Å². The molecule has 0 spiro atoms. The maximum atomic E-state index is 12.8. The van der Waals surface area contributed by atoms with Gasteiger partial charge in [0.1, 0.15) is 0 Å². The van der Waals surface area contributed by atoms with Crippen molar-refractivity contribution >= 4 is 5.97 Å². The van der Waals surface area contributed by atoms with Crippen LogP contribution in [0.1, 0.15) is 15.9 Å². The molecule has 0 aliphatic carbocycles. The fourth-order valence-corrected chi connectivity index (χ4v) is 1.03. The van der Waals surface area contributed by atoms with Gasteiger partial charge in [-0.25, -0.2) is 13.6 Å². The molecule has 16 heavy (non-hydrogen) atoms. The van der Waals surface area contributed by atoms with Crippen LogP contribution in [-0.4, -0.2) is 13.1 Å². The van der Waals surface area contributed by atoms with Crippen molar-refractivity contribution in [3.63, 3.8) is 0 Å². The van der Waals surface area contributed by atoms with Gasteiger partial charge in [0.15, 0.2) is 11.6 Å². The number of carbonyl (C=O) groups is 1. The van der Waals surface area contributed by atoms with Crippen LogP contribution in [0.25, 0.3) is 0 Å². The van der Waals surface area contributed by atoms with Crippen LogP contribution in [0.2, 0.25) is 0 Å². The summed E-state index contributed by atoms with van der Waals surface area (Å²) in [7, 11) is 0.914. The van der Waals surface area contributed by atoms with Gasteiger partial charge in [-0.3, -0.25) is 0 Å². The minimum absolute atomic E-state index is 0.199. The lowest BCUT2D eigenvalue weighted by molar-refractivity contribution is -0.140. The smallest absolute Gasteiger partial charge is 0.419 e. The Kier molecular flexibility index (Phi) is 3.16. The predicted molar refractivity (Wildman–Crippen MR) is 42.7 cm³/mol. The van der Waals surface area contributed by atoms with E-state index in [1.54, 1.807) is 0 Å². The second-order valence-corrected chi connectivity index (χ2v) is 2.81. The second-order valence-electron chi connectivity index (χ2n) is 2.81. The molecule has 88 valence electrons. The lowest BCUT2D eigenvalue weighted by atomic mass is 10.1. The molecule has 0 heterocycles. The van der Waals surface area contributed by atoms with E-state index in [0.717, 1.165) is 7.11 Å². The summed E-state index contributed by atoms with van der Waals surface area (Å²) in [5.41, 5.74) is -2.54. The topological polar surface area (TPSA) is 26.3 Å². The lowest BCUT2D eigenvalue weighted by Gasteiger charge is -2.09. The van der Waals surface area contributed by atoms with Gasteiger partial charge in [0.25, 0.3) is 0 Å². The highest BCUT2D eigenvalue weighted by Crippen LogP contribution is 2.33. The Balaban J connectivity index is 3.39. The zero-order chi connectivity index (χ0) is 12.5. The Morgan fingerprint density at radius 3 is 2.25 bits per heavy atom. The van der Waals surface area contributed by atoms with Crippen LogP contribution in [0.15, 0.2) is 12.1 Å². The number of ether oxygens (including phenoxy) is 1. The molecule has 0 aliphatic heterocycles. The summed E-state index contributed by atoms with van der Waals surface area (Å²) in [4.78, 5) is 10.9. The first-order chi connectivity index (χ1) is 7.27. The third-order valence-electron chi connectivity index (χ3n) is 1.75. The zero-order valence-electron chi connectivity index (χ0n) is 7.86. The molecule has 0 bridgehead atoms. The van der Waals surface area contributed by atoms with Gasteiger partial charge in [-0.1, -0.05) is 0 Å². The first-order valence-electron chi connectivity index (χ1n) is 3.92. The highest BCUT2D eigenvalue weighted by molar-refractivity contribution is 5.89. The van der Waals surface area contributed by atoms with E-state index in [4.69, 9.17) is 0 Å². The fraction of sp³-hybridized carbons (Fsp3) is 0.222. The maximum absolute atomic E-state index is 12.8. The van der Waals surface area contributed by atoms with E-state index in [1.807, 2.05) is 0 Å². The predicted octanol–water partition coefficient (Wildman–Crippen LogP) is 2.77. The van der Waals surface area contributed by atoms with E-state index >= 15 is 0 Å². The first kappa shape index (κ1) is 12.4. The second kappa shape index (κ2) is 4.07. The standard InChI is InChI=1S/C9H5F5O2/c1-16-8(15)4-2-5(9(12,13)14)7(11)6(10)3-4/h2-3H,1H3. The van der Waals surface area contributed by atoms with E-state index in [1.165, 1.54) is 0 Å². The quantitative estimate of drug-likeness (QED) is 0.557. The molecule has 1 aromatic carbocycles. The highest BCUT2D eigenvalue weighted by atomic mass is 19.4. The molecule has 0 aromatic heterocycles. The van der Waals surface area contributed by atoms with Gasteiger partial charge in [0, 0.05) is 0 Å². The molecule has 0 unspecified atom stereocenters. The van der Waals surface area contributed by atoms with Crippen LogP contribution in [0.3, 0.4) is 0 Å². The number of alkyl halides is 3. The molecule has 0 N–H and O–H groups in total. The van der Waals surface area contributed by atoms with Gasteiger partial charge in [-0.05, 0) is 12.1 Å². The third-order valence-corrected chi connectivity index (χ3v) is 1.75. The molecule has 1 aromatic rings. The molecule has 7 heteroatoms. The molecule has 0 radical (unpaired) electrons. The normalized spacial score (nSPS) is 11.4. The minimum Gasteiger partial charge on any atom is -0.465 e. The molecule has 1 rings (SSSR count). The molecule has 0 amide bonds. The Hall–Kier alpha value is -1.66. The van der Waals surface area contributed by atoms with Crippen LogP contribution in [0.4, 0.5) is 22.0 Å². The molecule has 0 saturated heterocycles. The van der Waals surface area contributed by atoms with Crippen molar-refractivity contribution in [3.8, 4) is 0 Å². The van der Waals surface area contributed by atoms with Gasteiger partial charge in [0.2, 0.25) is 0 Å². The number of methoxy groups -OCH3 is 1. The number of carbonyl (C=O) groups excluding carboxylic acids is 1. The SMILES string of the molecule is COC(=O)c1cc(F)c(F)c(C(F)(F)F)c1. The maximum Gasteiger partial charge on any atom is 0.419 e. The van der Waals surface area contributed by atoms with Gasteiger partial charge < -0.3 is 4.74 Å². The van der Waals surface area contributed by atoms with E-state index in [0.29, 0.717) is 6.07 Å². The summed E-state index contributed by atoms with van der Waals surface area (Å²) >= 11 is 0. The van der Waals surface area contributed by atoms with Crippen molar-refractivity contribution < 1.29 is 31.5 Å². The van der Waals surface area contributed by atoms with Crippen LogP contribution in [0, 0.1) is 11.6 Å². The third kappa shape index (κ3) is 2.29. The fourth-order valence-electron chi connectivity index (χ4n) is 1.03. The Morgan fingerprint density at radius 2 is 1.81 bits per heavy atom. The Bertz CT molecular complexity index is 425. The Morgan fingerprint density at radius 1 is 1.25 bits per heavy atom.